The first-order valence-electron chi connectivity index (χ1n) is 10.5. The summed E-state index contributed by atoms with van der Waals surface area (Å²) in [5.41, 5.74) is 0.924. The summed E-state index contributed by atoms with van der Waals surface area (Å²) >= 11 is 0. The van der Waals surface area contributed by atoms with Crippen molar-refractivity contribution in [2.24, 2.45) is 5.92 Å². The lowest BCUT2D eigenvalue weighted by Crippen LogP contribution is -2.50. The fourth-order valence-electron chi connectivity index (χ4n) is 4.19. The molecule has 0 unspecified atom stereocenters. The van der Waals surface area contributed by atoms with Crippen LogP contribution in [0.25, 0.3) is 0 Å². The number of fused-ring (bicyclic) bond motifs is 1. The van der Waals surface area contributed by atoms with Crippen LogP contribution in [0.3, 0.4) is 0 Å². The van der Waals surface area contributed by atoms with E-state index in [0.29, 0.717) is 50.5 Å². The molecule has 1 atom stereocenters. The van der Waals surface area contributed by atoms with E-state index >= 15 is 0 Å². The molecule has 0 bridgehead atoms. The Balaban J connectivity index is 1.34. The maximum Gasteiger partial charge on any atom is 0.281 e. The van der Waals surface area contributed by atoms with Crippen molar-refractivity contribution in [2.45, 2.75) is 45.1 Å². The molecular weight excluding hydrogens is 394 g/mol. The fourth-order valence-corrected chi connectivity index (χ4v) is 5.96. The molecule has 2 fully saturated rings. The predicted octanol–water partition coefficient (Wildman–Crippen LogP) is 1.86. The summed E-state index contributed by atoms with van der Waals surface area (Å²) in [5, 5.41) is 2.95. The Labute approximate surface area is 172 Å². The molecule has 160 valence electrons. The van der Waals surface area contributed by atoms with Crippen molar-refractivity contribution in [1.29, 1.82) is 0 Å². The first-order chi connectivity index (χ1) is 14.0. The molecule has 1 aromatic rings. The van der Waals surface area contributed by atoms with E-state index in [0.717, 1.165) is 31.2 Å². The van der Waals surface area contributed by atoms with E-state index < -0.39 is 10.2 Å². The van der Waals surface area contributed by atoms with Crippen molar-refractivity contribution in [3.8, 4) is 11.5 Å². The largest absolute Gasteiger partial charge is 0.454 e. The van der Waals surface area contributed by atoms with E-state index in [4.69, 9.17) is 9.47 Å². The molecular formula is C20H29N3O5S. The second-order valence-corrected chi connectivity index (χ2v) is 9.85. The summed E-state index contributed by atoms with van der Waals surface area (Å²) in [7, 11) is -3.49. The van der Waals surface area contributed by atoms with Gasteiger partial charge in [0.15, 0.2) is 11.5 Å². The molecule has 4 rings (SSSR count). The molecule has 1 N–H and O–H groups in total. The first kappa shape index (κ1) is 20.4. The van der Waals surface area contributed by atoms with Crippen LogP contribution in [0.4, 0.5) is 0 Å². The van der Waals surface area contributed by atoms with Gasteiger partial charge in [-0.05, 0) is 43.4 Å². The van der Waals surface area contributed by atoms with Crippen molar-refractivity contribution in [3.05, 3.63) is 23.8 Å². The summed E-state index contributed by atoms with van der Waals surface area (Å²) in [6, 6.07) is 5.59. The minimum atomic E-state index is -3.49. The Kier molecular flexibility index (Phi) is 6.26. The molecule has 1 amide bonds. The van der Waals surface area contributed by atoms with Crippen LogP contribution in [0.2, 0.25) is 0 Å². The van der Waals surface area contributed by atoms with Crippen molar-refractivity contribution < 1.29 is 22.7 Å². The van der Waals surface area contributed by atoms with E-state index in [-0.39, 0.29) is 25.2 Å². The number of hydrogen-bond donors (Lipinski definition) is 1. The topological polar surface area (TPSA) is 88.2 Å². The van der Waals surface area contributed by atoms with Crippen LogP contribution in [-0.4, -0.2) is 55.9 Å². The first-order valence-corrected chi connectivity index (χ1v) is 11.9. The molecule has 0 aromatic heterocycles. The van der Waals surface area contributed by atoms with Crippen LogP contribution in [0.1, 0.15) is 44.1 Å². The highest BCUT2D eigenvalue weighted by Gasteiger charge is 2.35. The minimum absolute atomic E-state index is 0.0987. The molecule has 9 heteroatoms. The molecule has 0 radical (unpaired) electrons. The molecule has 0 saturated carbocycles. The van der Waals surface area contributed by atoms with Crippen molar-refractivity contribution in [1.82, 2.24) is 13.9 Å². The Morgan fingerprint density at radius 3 is 2.52 bits per heavy atom. The Morgan fingerprint density at radius 2 is 1.72 bits per heavy atom. The Bertz CT molecular complexity index is 837. The summed E-state index contributed by atoms with van der Waals surface area (Å²) in [6.45, 7) is 2.51. The van der Waals surface area contributed by atoms with Crippen LogP contribution in [0.5, 0.6) is 11.5 Å². The third-order valence-electron chi connectivity index (χ3n) is 5.88. The van der Waals surface area contributed by atoms with Gasteiger partial charge in [-0.3, -0.25) is 4.79 Å². The average Bonchev–Trinajstić information content (AvgIpc) is 3.02. The molecule has 29 heavy (non-hydrogen) atoms. The highest BCUT2D eigenvalue weighted by Crippen LogP contribution is 2.32. The molecule has 3 aliphatic rings. The standard InChI is InChI=1S/C20H29N3O5S/c24-20(21-13-16-7-8-18-19(12-16)28-15-27-18)17-6-5-11-23(14-17)29(25,26)22-9-3-1-2-4-10-22/h7-8,12,17H,1-6,9-11,13-15H2,(H,21,24)/t17-/m1/s1. The van der Waals surface area contributed by atoms with Gasteiger partial charge in [0.2, 0.25) is 12.7 Å². The zero-order valence-electron chi connectivity index (χ0n) is 16.6. The van der Waals surface area contributed by atoms with E-state index in [1.54, 1.807) is 4.31 Å². The number of amides is 1. The van der Waals surface area contributed by atoms with Gasteiger partial charge < -0.3 is 14.8 Å². The van der Waals surface area contributed by atoms with Gasteiger partial charge in [-0.15, -0.1) is 0 Å². The zero-order chi connectivity index (χ0) is 20.3. The van der Waals surface area contributed by atoms with Crippen LogP contribution in [0.15, 0.2) is 18.2 Å². The Morgan fingerprint density at radius 1 is 1.00 bits per heavy atom. The number of piperidine rings is 1. The van der Waals surface area contributed by atoms with Crippen molar-refractivity contribution in [2.75, 3.05) is 33.0 Å². The quantitative estimate of drug-likeness (QED) is 0.781. The molecule has 3 aliphatic heterocycles. The molecule has 3 heterocycles. The van der Waals surface area contributed by atoms with Crippen LogP contribution < -0.4 is 14.8 Å². The van der Waals surface area contributed by atoms with Gasteiger partial charge in [0.25, 0.3) is 10.2 Å². The number of hydrogen-bond acceptors (Lipinski definition) is 5. The zero-order valence-corrected chi connectivity index (χ0v) is 17.5. The van der Waals surface area contributed by atoms with E-state index in [1.165, 1.54) is 4.31 Å². The maximum absolute atomic E-state index is 13.0. The Hall–Kier alpha value is -1.84. The number of carbonyl (C=O) groups excluding carboxylic acids is 1. The van der Waals surface area contributed by atoms with Gasteiger partial charge >= 0.3 is 0 Å². The van der Waals surface area contributed by atoms with Gasteiger partial charge in [0.05, 0.1) is 5.92 Å². The number of nitrogens with zero attached hydrogens (tertiary/aromatic N) is 2. The van der Waals surface area contributed by atoms with Crippen LogP contribution in [0, 0.1) is 5.92 Å². The van der Waals surface area contributed by atoms with Crippen LogP contribution in [-0.2, 0) is 21.5 Å². The SMILES string of the molecule is O=C(NCc1ccc2c(c1)OCO2)[C@@H]1CCCN(S(=O)(=O)N2CCCCCC2)C1. The fraction of sp³-hybridized carbons (Fsp3) is 0.650. The molecule has 0 aliphatic carbocycles. The number of benzene rings is 1. The predicted molar refractivity (Wildman–Crippen MR) is 108 cm³/mol. The minimum Gasteiger partial charge on any atom is -0.454 e. The molecule has 1 aromatic carbocycles. The molecule has 2 saturated heterocycles. The monoisotopic (exact) mass is 423 g/mol. The highest BCUT2D eigenvalue weighted by atomic mass is 32.2. The van der Waals surface area contributed by atoms with Gasteiger partial charge in [-0.25, -0.2) is 0 Å². The van der Waals surface area contributed by atoms with Crippen molar-refractivity contribution >= 4 is 16.1 Å². The highest BCUT2D eigenvalue weighted by molar-refractivity contribution is 7.86. The van der Waals surface area contributed by atoms with E-state index in [1.807, 2.05) is 18.2 Å². The third-order valence-corrected chi connectivity index (χ3v) is 7.88. The van der Waals surface area contributed by atoms with Gasteiger partial charge in [-0.1, -0.05) is 18.9 Å². The van der Waals surface area contributed by atoms with Gasteiger partial charge in [0.1, 0.15) is 0 Å². The average molecular weight is 424 g/mol. The van der Waals surface area contributed by atoms with Gasteiger partial charge in [0, 0.05) is 32.7 Å². The summed E-state index contributed by atoms with van der Waals surface area (Å²) < 4.78 is 39.9. The maximum atomic E-state index is 13.0. The third kappa shape index (κ3) is 4.67. The number of nitrogens with one attached hydrogen (secondary N) is 1. The normalized spacial score (nSPS) is 23.5. The summed E-state index contributed by atoms with van der Waals surface area (Å²) in [4.78, 5) is 12.7. The lowest BCUT2D eigenvalue weighted by atomic mass is 9.98. The summed E-state index contributed by atoms with van der Waals surface area (Å²) in [5.74, 6) is 0.976. The lowest BCUT2D eigenvalue weighted by molar-refractivity contribution is -0.126. The molecule has 0 spiro atoms. The summed E-state index contributed by atoms with van der Waals surface area (Å²) in [6.07, 6.45) is 5.39. The second kappa shape index (κ2) is 8.89. The van der Waals surface area contributed by atoms with E-state index in [2.05, 4.69) is 5.32 Å². The van der Waals surface area contributed by atoms with Gasteiger partial charge in [-0.2, -0.15) is 17.0 Å². The smallest absolute Gasteiger partial charge is 0.281 e. The van der Waals surface area contributed by atoms with Crippen LogP contribution >= 0.6 is 0 Å². The number of carbonyl (C=O) groups is 1. The number of ether oxygens (including phenoxy) is 2. The second-order valence-electron chi connectivity index (χ2n) is 7.92. The van der Waals surface area contributed by atoms with Crippen molar-refractivity contribution in [3.63, 3.8) is 0 Å². The van der Waals surface area contributed by atoms with E-state index in [9.17, 15) is 13.2 Å². The molecule has 8 nitrogen and oxygen atoms in total. The lowest BCUT2D eigenvalue weighted by Gasteiger charge is -2.34. The number of rotatable bonds is 5.